The lowest BCUT2D eigenvalue weighted by molar-refractivity contribution is 0.477. The average Bonchev–Trinajstić information content (AvgIpc) is 2.92. The van der Waals surface area contributed by atoms with E-state index in [-0.39, 0.29) is 0 Å². The molecular formula is C30H19N3O. The first kappa shape index (κ1) is 19.8. The van der Waals surface area contributed by atoms with Gasteiger partial charge in [0.15, 0.2) is 11.5 Å². The molecule has 0 fully saturated rings. The van der Waals surface area contributed by atoms with Gasteiger partial charge in [-0.2, -0.15) is 5.26 Å². The highest BCUT2D eigenvalue weighted by atomic mass is 16.5. The lowest BCUT2D eigenvalue weighted by Gasteiger charge is -2.34. The fourth-order valence-corrected chi connectivity index (χ4v) is 4.37. The molecule has 1 aromatic heterocycles. The number of benzene rings is 4. The van der Waals surface area contributed by atoms with Crippen LogP contribution in [0.5, 0.6) is 11.5 Å². The fourth-order valence-electron chi connectivity index (χ4n) is 4.37. The van der Waals surface area contributed by atoms with Crippen LogP contribution in [-0.2, 0) is 0 Å². The van der Waals surface area contributed by atoms with Crippen LogP contribution in [0.15, 0.2) is 115 Å². The van der Waals surface area contributed by atoms with Crippen molar-refractivity contribution in [1.29, 1.82) is 5.26 Å². The van der Waals surface area contributed by atoms with Gasteiger partial charge < -0.3 is 9.64 Å². The molecule has 5 aromatic rings. The first-order chi connectivity index (χ1) is 16.8. The Morgan fingerprint density at radius 1 is 0.618 bits per heavy atom. The molecule has 1 aliphatic heterocycles. The first-order valence-corrected chi connectivity index (χ1v) is 11.0. The largest absolute Gasteiger partial charge is 0.453 e. The normalized spacial score (nSPS) is 11.7. The third-order valence-electron chi connectivity index (χ3n) is 5.96. The Morgan fingerprint density at radius 2 is 1.26 bits per heavy atom. The topological polar surface area (TPSA) is 49.2 Å². The molecule has 0 saturated carbocycles. The van der Waals surface area contributed by atoms with Gasteiger partial charge in [-0.05, 0) is 59.7 Å². The summed E-state index contributed by atoms with van der Waals surface area (Å²) in [6.45, 7) is 0. The number of nitrogens with zero attached hydrogens (tertiary/aromatic N) is 3. The molecular weight excluding hydrogens is 418 g/mol. The number of aromatic nitrogens is 1. The predicted octanol–water partition coefficient (Wildman–Crippen LogP) is 7.86. The van der Waals surface area contributed by atoms with Gasteiger partial charge in [-0.1, -0.05) is 60.7 Å². The van der Waals surface area contributed by atoms with E-state index >= 15 is 0 Å². The summed E-state index contributed by atoms with van der Waals surface area (Å²) in [6, 6.07) is 38.8. The summed E-state index contributed by atoms with van der Waals surface area (Å²) < 4.78 is 6.20. The van der Waals surface area contributed by atoms with Crippen LogP contribution in [0.4, 0.5) is 17.1 Å². The predicted molar refractivity (Wildman–Crippen MR) is 135 cm³/mol. The molecule has 34 heavy (non-hydrogen) atoms. The first-order valence-electron chi connectivity index (χ1n) is 11.0. The molecule has 4 nitrogen and oxygen atoms in total. The number of hydrogen-bond acceptors (Lipinski definition) is 4. The van der Waals surface area contributed by atoms with E-state index in [9.17, 15) is 0 Å². The van der Waals surface area contributed by atoms with Crippen molar-refractivity contribution in [2.75, 3.05) is 4.90 Å². The van der Waals surface area contributed by atoms with Crippen molar-refractivity contribution in [3.05, 3.63) is 121 Å². The van der Waals surface area contributed by atoms with Crippen LogP contribution in [0, 0.1) is 11.3 Å². The molecule has 0 unspecified atom stereocenters. The van der Waals surface area contributed by atoms with Gasteiger partial charge in [0.25, 0.3) is 0 Å². The molecule has 2 heterocycles. The van der Waals surface area contributed by atoms with Crippen LogP contribution in [-0.4, -0.2) is 4.98 Å². The van der Waals surface area contributed by atoms with Crippen LogP contribution >= 0.6 is 0 Å². The second-order valence-electron chi connectivity index (χ2n) is 8.01. The summed E-state index contributed by atoms with van der Waals surface area (Å²) in [6.07, 6.45) is 1.75. The van der Waals surface area contributed by atoms with Crippen molar-refractivity contribution in [1.82, 2.24) is 4.98 Å². The van der Waals surface area contributed by atoms with Gasteiger partial charge in [0.1, 0.15) is 11.8 Å². The molecule has 0 atom stereocenters. The number of nitriles is 1. The Bertz CT molecular complexity index is 1500. The van der Waals surface area contributed by atoms with E-state index in [1.165, 1.54) is 0 Å². The minimum absolute atomic E-state index is 0.412. The van der Waals surface area contributed by atoms with Crippen molar-refractivity contribution in [3.8, 4) is 39.8 Å². The summed E-state index contributed by atoms with van der Waals surface area (Å²) in [5, 5.41) is 9.06. The van der Waals surface area contributed by atoms with E-state index in [2.05, 4.69) is 76.6 Å². The summed E-state index contributed by atoms with van der Waals surface area (Å²) in [7, 11) is 0. The van der Waals surface area contributed by atoms with E-state index < -0.39 is 0 Å². The molecule has 160 valence electrons. The van der Waals surface area contributed by atoms with Gasteiger partial charge in [0, 0.05) is 17.3 Å². The molecule has 0 radical (unpaired) electrons. The van der Waals surface area contributed by atoms with Gasteiger partial charge in [-0.3, -0.25) is 0 Å². The minimum Gasteiger partial charge on any atom is -0.453 e. The Kier molecular flexibility index (Phi) is 4.79. The molecule has 0 saturated heterocycles. The van der Waals surface area contributed by atoms with Crippen LogP contribution in [0.2, 0.25) is 0 Å². The highest BCUT2D eigenvalue weighted by molar-refractivity contribution is 5.93. The number of para-hydroxylation sites is 5. The van der Waals surface area contributed by atoms with Crippen molar-refractivity contribution >= 4 is 17.1 Å². The standard InChI is InChI=1S/C30H19N3O/c31-19-24-17-16-23(20-32-24)21-8-7-9-22(18-21)25-10-1-2-11-26(25)33-27-12-3-5-14-29(27)34-30-15-6-4-13-28(30)33/h1-18,20H. The van der Waals surface area contributed by atoms with E-state index in [1.807, 2.05) is 42.5 Å². The number of hydrogen-bond donors (Lipinski definition) is 0. The Labute approximate surface area is 198 Å². The number of ether oxygens (including phenoxy) is 1. The van der Waals surface area contributed by atoms with Gasteiger partial charge in [-0.15, -0.1) is 0 Å². The maximum atomic E-state index is 9.06. The third kappa shape index (κ3) is 3.37. The molecule has 0 N–H and O–H groups in total. The van der Waals surface area contributed by atoms with Gasteiger partial charge in [0.2, 0.25) is 0 Å². The lowest BCUT2D eigenvalue weighted by Crippen LogP contribution is -2.16. The van der Waals surface area contributed by atoms with E-state index in [1.54, 1.807) is 12.3 Å². The second kappa shape index (κ2) is 8.23. The monoisotopic (exact) mass is 437 g/mol. The Hall–Kier alpha value is -4.88. The zero-order chi connectivity index (χ0) is 22.9. The highest BCUT2D eigenvalue weighted by Crippen LogP contribution is 2.52. The average molecular weight is 438 g/mol. The smallest absolute Gasteiger partial charge is 0.151 e. The minimum atomic E-state index is 0.412. The summed E-state index contributed by atoms with van der Waals surface area (Å²) in [5.41, 5.74) is 7.71. The zero-order valence-corrected chi connectivity index (χ0v) is 18.2. The summed E-state index contributed by atoms with van der Waals surface area (Å²) in [5.74, 6) is 1.65. The van der Waals surface area contributed by atoms with Gasteiger partial charge in [0.05, 0.1) is 17.1 Å². The quantitative estimate of drug-likeness (QED) is 0.283. The SMILES string of the molecule is N#Cc1ccc(-c2cccc(-c3ccccc3N3c4ccccc4Oc4ccccc43)c2)cn1. The highest BCUT2D eigenvalue weighted by Gasteiger charge is 2.26. The van der Waals surface area contributed by atoms with E-state index in [4.69, 9.17) is 10.00 Å². The maximum absolute atomic E-state index is 9.06. The number of rotatable bonds is 3. The van der Waals surface area contributed by atoms with Crippen molar-refractivity contribution in [2.45, 2.75) is 0 Å². The lowest BCUT2D eigenvalue weighted by atomic mass is 9.97. The van der Waals surface area contributed by atoms with Crippen LogP contribution in [0.25, 0.3) is 22.3 Å². The van der Waals surface area contributed by atoms with E-state index in [0.717, 1.165) is 50.8 Å². The third-order valence-corrected chi connectivity index (χ3v) is 5.96. The Balaban J connectivity index is 1.51. The number of anilines is 3. The molecule has 4 aromatic carbocycles. The molecule has 4 heteroatoms. The molecule has 0 aliphatic carbocycles. The number of fused-ring (bicyclic) bond motifs is 2. The molecule has 0 amide bonds. The van der Waals surface area contributed by atoms with Crippen molar-refractivity contribution in [3.63, 3.8) is 0 Å². The molecule has 6 rings (SSSR count). The van der Waals surface area contributed by atoms with Gasteiger partial charge in [-0.25, -0.2) is 4.98 Å². The molecule has 0 spiro atoms. The summed E-state index contributed by atoms with van der Waals surface area (Å²) >= 11 is 0. The number of pyridine rings is 1. The van der Waals surface area contributed by atoms with Gasteiger partial charge >= 0.3 is 0 Å². The second-order valence-corrected chi connectivity index (χ2v) is 8.01. The van der Waals surface area contributed by atoms with Crippen molar-refractivity contribution < 1.29 is 4.74 Å². The van der Waals surface area contributed by atoms with Crippen molar-refractivity contribution in [2.24, 2.45) is 0 Å². The molecule has 1 aliphatic rings. The Morgan fingerprint density at radius 3 is 1.94 bits per heavy atom. The summed E-state index contributed by atoms with van der Waals surface area (Å²) in [4.78, 5) is 6.50. The molecule has 0 bridgehead atoms. The zero-order valence-electron chi connectivity index (χ0n) is 18.2. The maximum Gasteiger partial charge on any atom is 0.151 e. The fraction of sp³-hybridized carbons (Fsp3) is 0. The van der Waals surface area contributed by atoms with Crippen LogP contribution in [0.3, 0.4) is 0 Å². The van der Waals surface area contributed by atoms with Crippen LogP contribution < -0.4 is 9.64 Å². The van der Waals surface area contributed by atoms with E-state index in [0.29, 0.717) is 5.69 Å². The van der Waals surface area contributed by atoms with Crippen LogP contribution in [0.1, 0.15) is 5.69 Å².